The first-order valence-electron chi connectivity index (χ1n) is 15.4. The van der Waals surface area contributed by atoms with Crippen molar-refractivity contribution in [3.05, 3.63) is 138 Å². The molecule has 1 aromatic carbocycles. The number of rotatable bonds is 10. The van der Waals surface area contributed by atoms with Crippen LogP contribution in [0.25, 0.3) is 5.57 Å². The van der Waals surface area contributed by atoms with Crippen LogP contribution in [0.15, 0.2) is 126 Å². The SMILES string of the molecule is C=C(C)O.C=C(C)c1ccc(C)cc1F.C=C/C(=C\C=C(/C)C1=CC(C(/C=C\C)=C/C(=C)O)N=C1N)NC.CC.CCC(C)CO. The van der Waals surface area contributed by atoms with Crippen LogP contribution in [0.3, 0.4) is 0 Å². The average molecular weight is 638 g/mol. The Balaban J connectivity index is -0.000000659. The number of hydrogen-bond donors (Lipinski definition) is 5. The van der Waals surface area contributed by atoms with E-state index in [1.54, 1.807) is 25.1 Å². The van der Waals surface area contributed by atoms with Crippen molar-refractivity contribution in [1.82, 2.24) is 5.32 Å². The zero-order chi connectivity index (χ0) is 36.4. The lowest BCUT2D eigenvalue weighted by molar-refractivity contribution is 0.234. The Bertz CT molecular complexity index is 1290. The van der Waals surface area contributed by atoms with Crippen LogP contribution < -0.4 is 11.1 Å². The second-order valence-electron chi connectivity index (χ2n) is 10.3. The third-order valence-electron chi connectivity index (χ3n) is 5.95. The summed E-state index contributed by atoms with van der Waals surface area (Å²) in [4.78, 5) is 4.46. The largest absolute Gasteiger partial charge is 0.513 e. The summed E-state index contributed by atoms with van der Waals surface area (Å²) in [6, 6.07) is 4.94. The first kappa shape index (κ1) is 46.1. The number of benzene rings is 1. The van der Waals surface area contributed by atoms with Crippen molar-refractivity contribution >= 4 is 11.4 Å². The maximum absolute atomic E-state index is 13.0. The quantitative estimate of drug-likeness (QED) is 0.130. The molecule has 0 saturated carbocycles. The van der Waals surface area contributed by atoms with E-state index in [2.05, 4.69) is 43.5 Å². The molecule has 1 aliphatic rings. The maximum Gasteiger partial charge on any atom is 0.130 e. The first-order valence-corrected chi connectivity index (χ1v) is 15.4. The van der Waals surface area contributed by atoms with Crippen LogP contribution in [0.1, 0.15) is 72.9 Å². The number of nitrogens with zero attached hydrogens (tertiary/aromatic N) is 1. The Kier molecular flexibility index (Phi) is 27.0. The molecule has 256 valence electrons. The smallest absolute Gasteiger partial charge is 0.130 e. The van der Waals surface area contributed by atoms with Crippen LogP contribution in [0, 0.1) is 18.7 Å². The molecule has 6 nitrogen and oxygen atoms in total. The predicted molar refractivity (Wildman–Crippen MR) is 200 cm³/mol. The van der Waals surface area contributed by atoms with E-state index in [4.69, 9.17) is 15.9 Å². The van der Waals surface area contributed by atoms with Crippen LogP contribution in [0.2, 0.25) is 0 Å². The third kappa shape index (κ3) is 21.4. The summed E-state index contributed by atoms with van der Waals surface area (Å²) in [5.74, 6) is 0.955. The Morgan fingerprint density at radius 1 is 1.13 bits per heavy atom. The van der Waals surface area contributed by atoms with Crippen molar-refractivity contribution in [3.63, 3.8) is 0 Å². The minimum Gasteiger partial charge on any atom is -0.513 e. The number of hydrogen-bond acceptors (Lipinski definition) is 6. The Morgan fingerprint density at radius 3 is 2.07 bits per heavy atom. The van der Waals surface area contributed by atoms with Crippen molar-refractivity contribution < 1.29 is 19.7 Å². The van der Waals surface area contributed by atoms with E-state index in [-0.39, 0.29) is 23.4 Å². The lowest BCUT2D eigenvalue weighted by Crippen LogP contribution is -2.13. The van der Waals surface area contributed by atoms with Crippen LogP contribution in [-0.4, -0.2) is 40.9 Å². The van der Waals surface area contributed by atoms with Gasteiger partial charge in [0.2, 0.25) is 0 Å². The van der Waals surface area contributed by atoms with Gasteiger partial charge < -0.3 is 26.4 Å². The van der Waals surface area contributed by atoms with E-state index in [9.17, 15) is 9.50 Å². The van der Waals surface area contributed by atoms with E-state index < -0.39 is 0 Å². The van der Waals surface area contributed by atoms with Crippen LogP contribution >= 0.6 is 0 Å². The number of aliphatic hydroxyl groups is 3. The number of halogens is 1. The lowest BCUT2D eigenvalue weighted by Gasteiger charge is -2.05. The fourth-order valence-electron chi connectivity index (χ4n) is 3.27. The topological polar surface area (TPSA) is 111 Å². The fourth-order valence-corrected chi connectivity index (χ4v) is 3.27. The molecular formula is C39H60FN3O3. The summed E-state index contributed by atoms with van der Waals surface area (Å²) in [7, 11) is 1.84. The average Bonchev–Trinajstić information content (AvgIpc) is 3.39. The second kappa shape index (κ2) is 27.0. The number of aliphatic imine (C=N–C) groups is 1. The minimum atomic E-state index is -0.222. The number of nitrogens with two attached hydrogens (primary N) is 1. The molecule has 1 aromatic rings. The Hall–Kier alpha value is -4.36. The maximum atomic E-state index is 13.0. The van der Waals surface area contributed by atoms with Gasteiger partial charge in [0.05, 0.1) is 11.8 Å². The Labute approximate surface area is 279 Å². The zero-order valence-corrected chi connectivity index (χ0v) is 29.9. The van der Waals surface area contributed by atoms with Gasteiger partial charge in [0.15, 0.2) is 0 Å². The van der Waals surface area contributed by atoms with Gasteiger partial charge in [0.1, 0.15) is 17.4 Å². The summed E-state index contributed by atoms with van der Waals surface area (Å²) in [6.45, 7) is 31.5. The van der Waals surface area contributed by atoms with Crippen molar-refractivity contribution in [2.45, 2.75) is 74.8 Å². The molecule has 0 amide bonds. The molecule has 0 fully saturated rings. The van der Waals surface area contributed by atoms with Gasteiger partial charge in [-0.05, 0) is 93.2 Å². The number of likely N-dealkylation sites (N-methyl/N-ethyl adjacent to an activating group) is 1. The number of nitrogens with one attached hydrogen (secondary N) is 1. The highest BCUT2D eigenvalue weighted by molar-refractivity contribution is 6.03. The molecule has 2 atom stereocenters. The number of allylic oxidation sites excluding steroid dienone is 7. The molecule has 6 N–H and O–H groups in total. The van der Waals surface area contributed by atoms with Gasteiger partial charge in [-0.3, -0.25) is 4.99 Å². The highest BCUT2D eigenvalue weighted by Gasteiger charge is 2.20. The Morgan fingerprint density at radius 2 is 1.70 bits per heavy atom. The third-order valence-corrected chi connectivity index (χ3v) is 5.95. The highest BCUT2D eigenvalue weighted by Crippen LogP contribution is 2.24. The van der Waals surface area contributed by atoms with Gasteiger partial charge in [-0.15, -0.1) is 0 Å². The van der Waals surface area contributed by atoms with E-state index in [0.29, 0.717) is 23.9 Å². The van der Waals surface area contributed by atoms with E-state index in [1.165, 1.54) is 13.0 Å². The van der Waals surface area contributed by atoms with Gasteiger partial charge >= 0.3 is 0 Å². The predicted octanol–water partition coefficient (Wildman–Crippen LogP) is 9.76. The number of amidine groups is 1. The van der Waals surface area contributed by atoms with Gasteiger partial charge in [0.25, 0.3) is 0 Å². The molecule has 46 heavy (non-hydrogen) atoms. The fraction of sp³-hybridized carbons (Fsp3) is 0.359. The standard InChI is InChI=1S/C19H25N3O.C10H11F.C5H12O.C3H6O.C2H6/c1-6-8-15(11-14(4)23)18-12-17(19(20)22-18)13(3)9-10-16(7-2)21-5;1-7(2)9-5-4-8(3)6-10(9)11;1-3-5(2)4-6;1-3(2)4;1-2/h6-12,18,21,23H,2,4H2,1,3,5H3,(H2,20,22);4-6H,1H2,2-3H3;5-6H,3-4H2,1-2H3;4H,1H2,2H3;1-2H3/b8-6-,13-9+,15-11+,16-10+;;;;. The van der Waals surface area contributed by atoms with E-state index in [1.807, 2.05) is 85.0 Å². The summed E-state index contributed by atoms with van der Waals surface area (Å²) in [5.41, 5.74) is 12.0. The molecule has 1 heterocycles. The van der Waals surface area contributed by atoms with Crippen molar-refractivity contribution in [2.24, 2.45) is 16.6 Å². The van der Waals surface area contributed by atoms with Gasteiger partial charge in [-0.25, -0.2) is 4.39 Å². The first-order chi connectivity index (χ1) is 21.6. The second-order valence-corrected chi connectivity index (χ2v) is 10.3. The van der Waals surface area contributed by atoms with Gasteiger partial charge in [0, 0.05) is 30.5 Å². The molecule has 2 unspecified atom stereocenters. The molecule has 0 aromatic heterocycles. The zero-order valence-electron chi connectivity index (χ0n) is 29.9. The summed E-state index contributed by atoms with van der Waals surface area (Å²) >= 11 is 0. The summed E-state index contributed by atoms with van der Waals surface area (Å²) in [6.07, 6.45) is 14.1. The molecule has 0 saturated heterocycles. The van der Waals surface area contributed by atoms with Gasteiger partial charge in [-0.1, -0.05) is 90.8 Å². The molecule has 0 spiro atoms. The van der Waals surface area contributed by atoms with E-state index >= 15 is 0 Å². The lowest BCUT2D eigenvalue weighted by atomic mass is 10.0. The molecular weight excluding hydrogens is 577 g/mol. The molecule has 7 heteroatoms. The van der Waals surface area contributed by atoms with E-state index in [0.717, 1.165) is 40.0 Å². The molecule has 0 radical (unpaired) electrons. The van der Waals surface area contributed by atoms with Gasteiger partial charge in [-0.2, -0.15) is 0 Å². The monoisotopic (exact) mass is 637 g/mol. The molecule has 1 aliphatic heterocycles. The minimum absolute atomic E-state index is 0.00596. The summed E-state index contributed by atoms with van der Waals surface area (Å²) in [5, 5.41) is 28.6. The van der Waals surface area contributed by atoms with Crippen molar-refractivity contribution in [3.8, 4) is 0 Å². The van der Waals surface area contributed by atoms with Crippen LogP contribution in [0.5, 0.6) is 0 Å². The van der Waals surface area contributed by atoms with Crippen molar-refractivity contribution in [2.75, 3.05) is 13.7 Å². The molecule has 0 aliphatic carbocycles. The van der Waals surface area contributed by atoms with Crippen LogP contribution in [0.4, 0.5) is 4.39 Å². The van der Waals surface area contributed by atoms with Crippen molar-refractivity contribution in [1.29, 1.82) is 0 Å². The molecule has 2 rings (SSSR count). The van der Waals surface area contributed by atoms with Crippen LogP contribution in [-0.2, 0) is 0 Å². The molecule has 0 bridgehead atoms. The number of aryl methyl sites for hydroxylation is 1. The normalized spacial score (nSPS) is 14.7. The summed E-state index contributed by atoms with van der Waals surface area (Å²) < 4.78 is 13.0. The number of aliphatic hydroxyl groups excluding tert-OH is 3. The highest BCUT2D eigenvalue weighted by atomic mass is 19.1.